The van der Waals surface area contributed by atoms with Crippen LogP contribution in [0.4, 0.5) is 13.2 Å². The van der Waals surface area contributed by atoms with Gasteiger partial charge in [0, 0.05) is 19.6 Å². The fourth-order valence-electron chi connectivity index (χ4n) is 4.97. The largest absolute Gasteiger partial charge is 0.497 e. The van der Waals surface area contributed by atoms with Crippen LogP contribution in [0.15, 0.2) is 48.5 Å². The van der Waals surface area contributed by atoms with Gasteiger partial charge in [-0.2, -0.15) is 13.2 Å². The molecule has 2 aliphatic rings. The molecule has 1 N–H and O–H groups in total. The van der Waals surface area contributed by atoms with Crippen LogP contribution in [0.5, 0.6) is 5.75 Å². The standard InChI is InChI=1S/C23H26F3NO2/c1-29-21-7-3-5-19(11-21)22(28)12-17-14-27(15-18(17)13-22)9-8-16-4-2-6-20(10-16)23(24,25)26/h2-7,10-11,17-18,28H,8-9,12-15H2,1H3. The molecule has 2 aromatic rings. The third-order valence-corrected chi connectivity index (χ3v) is 6.43. The van der Waals surface area contributed by atoms with Crippen molar-refractivity contribution in [3.8, 4) is 5.75 Å². The molecule has 1 saturated carbocycles. The number of hydrogen-bond acceptors (Lipinski definition) is 3. The van der Waals surface area contributed by atoms with Gasteiger partial charge in [-0.15, -0.1) is 0 Å². The number of alkyl halides is 3. The molecule has 0 amide bonds. The number of rotatable bonds is 5. The fraction of sp³-hybridized carbons (Fsp3) is 0.478. The van der Waals surface area contributed by atoms with Crippen LogP contribution >= 0.6 is 0 Å². The summed E-state index contributed by atoms with van der Waals surface area (Å²) in [4.78, 5) is 2.32. The van der Waals surface area contributed by atoms with Crippen molar-refractivity contribution in [1.82, 2.24) is 4.90 Å². The first kappa shape index (κ1) is 20.2. The van der Waals surface area contributed by atoms with Gasteiger partial charge in [0.1, 0.15) is 5.75 Å². The van der Waals surface area contributed by atoms with Crippen LogP contribution in [-0.2, 0) is 18.2 Å². The zero-order valence-electron chi connectivity index (χ0n) is 16.5. The van der Waals surface area contributed by atoms with Gasteiger partial charge in [0.05, 0.1) is 18.3 Å². The van der Waals surface area contributed by atoms with E-state index < -0.39 is 17.3 Å². The summed E-state index contributed by atoms with van der Waals surface area (Å²) < 4.78 is 43.9. The van der Waals surface area contributed by atoms with Gasteiger partial charge in [0.25, 0.3) is 0 Å². The Kier molecular flexibility index (Phi) is 5.34. The van der Waals surface area contributed by atoms with Crippen molar-refractivity contribution in [2.24, 2.45) is 11.8 Å². The van der Waals surface area contributed by atoms with E-state index in [1.165, 1.54) is 12.1 Å². The van der Waals surface area contributed by atoms with Crippen LogP contribution in [0.25, 0.3) is 0 Å². The monoisotopic (exact) mass is 405 g/mol. The lowest BCUT2D eigenvalue weighted by Crippen LogP contribution is -2.29. The number of aliphatic hydroxyl groups is 1. The van der Waals surface area contributed by atoms with Crippen molar-refractivity contribution < 1.29 is 23.0 Å². The molecule has 0 aromatic heterocycles. The normalized spacial score (nSPS) is 27.2. The molecule has 2 aromatic carbocycles. The minimum Gasteiger partial charge on any atom is -0.497 e. The van der Waals surface area contributed by atoms with E-state index in [2.05, 4.69) is 4.90 Å². The van der Waals surface area contributed by atoms with Crippen molar-refractivity contribution in [1.29, 1.82) is 0 Å². The van der Waals surface area contributed by atoms with E-state index in [0.717, 1.165) is 37.0 Å². The molecule has 1 saturated heterocycles. The van der Waals surface area contributed by atoms with Crippen molar-refractivity contribution in [3.05, 3.63) is 65.2 Å². The summed E-state index contributed by atoms with van der Waals surface area (Å²) in [6, 6.07) is 13.2. The minimum absolute atomic E-state index is 0.410. The molecule has 2 atom stereocenters. The van der Waals surface area contributed by atoms with Gasteiger partial charge in [0.15, 0.2) is 0 Å². The lowest BCUT2D eigenvalue weighted by Gasteiger charge is -2.27. The SMILES string of the molecule is COc1cccc(C2(O)CC3CN(CCc4cccc(C(F)(F)F)c4)CC3C2)c1. The molecule has 4 rings (SSSR count). The third kappa shape index (κ3) is 4.28. The number of benzene rings is 2. The molecule has 1 aliphatic heterocycles. The quantitative estimate of drug-likeness (QED) is 0.796. The lowest BCUT2D eigenvalue weighted by molar-refractivity contribution is -0.137. The molecule has 0 radical (unpaired) electrons. The van der Waals surface area contributed by atoms with E-state index in [-0.39, 0.29) is 0 Å². The van der Waals surface area contributed by atoms with Crippen molar-refractivity contribution in [3.63, 3.8) is 0 Å². The number of ether oxygens (including phenoxy) is 1. The summed E-state index contributed by atoms with van der Waals surface area (Å²) in [6.45, 7) is 2.51. The second-order valence-electron chi connectivity index (χ2n) is 8.40. The molecule has 29 heavy (non-hydrogen) atoms. The van der Waals surface area contributed by atoms with E-state index >= 15 is 0 Å². The van der Waals surface area contributed by atoms with Gasteiger partial charge in [-0.05, 0) is 60.4 Å². The highest BCUT2D eigenvalue weighted by molar-refractivity contribution is 5.33. The van der Waals surface area contributed by atoms with Crippen molar-refractivity contribution in [2.45, 2.75) is 31.0 Å². The van der Waals surface area contributed by atoms with E-state index in [1.807, 2.05) is 24.3 Å². The molecule has 156 valence electrons. The van der Waals surface area contributed by atoms with Crippen LogP contribution in [-0.4, -0.2) is 36.8 Å². The Morgan fingerprint density at radius 1 is 1.07 bits per heavy atom. The zero-order chi connectivity index (χ0) is 20.6. The smallest absolute Gasteiger partial charge is 0.416 e. The number of methoxy groups -OCH3 is 1. The number of hydrogen-bond donors (Lipinski definition) is 1. The Hall–Kier alpha value is -2.05. The summed E-state index contributed by atoms with van der Waals surface area (Å²) in [5.41, 5.74) is 0.208. The second kappa shape index (κ2) is 7.65. The molecule has 1 heterocycles. The van der Waals surface area contributed by atoms with E-state index in [0.29, 0.717) is 36.7 Å². The number of halogens is 3. The summed E-state index contributed by atoms with van der Waals surface area (Å²) in [5, 5.41) is 11.2. The summed E-state index contributed by atoms with van der Waals surface area (Å²) in [7, 11) is 1.62. The number of likely N-dealkylation sites (tertiary alicyclic amines) is 1. The molecule has 3 nitrogen and oxygen atoms in total. The first-order valence-corrected chi connectivity index (χ1v) is 10.0. The van der Waals surface area contributed by atoms with Gasteiger partial charge >= 0.3 is 6.18 Å². The molecule has 0 spiro atoms. The fourth-order valence-corrected chi connectivity index (χ4v) is 4.97. The van der Waals surface area contributed by atoms with Gasteiger partial charge in [0.2, 0.25) is 0 Å². The molecule has 6 heteroatoms. The van der Waals surface area contributed by atoms with Crippen LogP contribution in [0, 0.1) is 11.8 Å². The van der Waals surface area contributed by atoms with Gasteiger partial charge in [-0.25, -0.2) is 0 Å². The highest BCUT2D eigenvalue weighted by Crippen LogP contribution is 2.49. The van der Waals surface area contributed by atoms with Gasteiger partial charge < -0.3 is 14.7 Å². The summed E-state index contributed by atoms with van der Waals surface area (Å²) in [6.07, 6.45) is -2.27. The summed E-state index contributed by atoms with van der Waals surface area (Å²) >= 11 is 0. The first-order valence-electron chi connectivity index (χ1n) is 10.0. The first-order chi connectivity index (χ1) is 13.8. The molecule has 0 bridgehead atoms. The van der Waals surface area contributed by atoms with Crippen LogP contribution < -0.4 is 4.74 Å². The third-order valence-electron chi connectivity index (χ3n) is 6.43. The minimum atomic E-state index is -4.30. The van der Waals surface area contributed by atoms with Crippen molar-refractivity contribution >= 4 is 0 Å². The average Bonchev–Trinajstić information content (AvgIpc) is 3.21. The molecular formula is C23H26F3NO2. The van der Waals surface area contributed by atoms with Crippen LogP contribution in [0.3, 0.4) is 0 Å². The molecule has 2 fully saturated rings. The molecular weight excluding hydrogens is 379 g/mol. The van der Waals surface area contributed by atoms with Gasteiger partial charge in [-0.3, -0.25) is 0 Å². The van der Waals surface area contributed by atoms with Crippen molar-refractivity contribution in [2.75, 3.05) is 26.7 Å². The maximum Gasteiger partial charge on any atom is 0.416 e. The van der Waals surface area contributed by atoms with Crippen LogP contribution in [0.2, 0.25) is 0 Å². The summed E-state index contributed by atoms with van der Waals surface area (Å²) in [5.74, 6) is 1.57. The Morgan fingerprint density at radius 2 is 1.76 bits per heavy atom. The highest BCUT2D eigenvalue weighted by Gasteiger charge is 2.48. The topological polar surface area (TPSA) is 32.7 Å². The van der Waals surface area contributed by atoms with E-state index in [4.69, 9.17) is 4.74 Å². The lowest BCUT2D eigenvalue weighted by atomic mass is 9.90. The van der Waals surface area contributed by atoms with Crippen LogP contribution in [0.1, 0.15) is 29.5 Å². The maximum atomic E-state index is 12.9. The average molecular weight is 405 g/mol. The Morgan fingerprint density at radius 3 is 2.41 bits per heavy atom. The van der Waals surface area contributed by atoms with Gasteiger partial charge in [-0.1, -0.05) is 30.3 Å². The molecule has 1 aliphatic carbocycles. The predicted molar refractivity (Wildman–Crippen MR) is 105 cm³/mol. The number of nitrogens with zero attached hydrogens (tertiary/aromatic N) is 1. The Bertz CT molecular complexity index is 853. The zero-order valence-corrected chi connectivity index (χ0v) is 16.5. The Labute approximate surface area is 169 Å². The maximum absolute atomic E-state index is 12.9. The Balaban J connectivity index is 1.35. The van der Waals surface area contributed by atoms with E-state index in [1.54, 1.807) is 13.2 Å². The second-order valence-corrected chi connectivity index (χ2v) is 8.40. The predicted octanol–water partition coefficient (Wildman–Crippen LogP) is 4.49. The van der Waals surface area contributed by atoms with E-state index in [9.17, 15) is 18.3 Å². The molecule has 2 unspecified atom stereocenters. The number of fused-ring (bicyclic) bond motifs is 1. The highest BCUT2D eigenvalue weighted by atomic mass is 19.4.